The molecule has 32 heavy (non-hydrogen) atoms. The van der Waals surface area contributed by atoms with Crippen molar-refractivity contribution in [3.63, 3.8) is 0 Å². The number of benzene rings is 3. The lowest BCUT2D eigenvalue weighted by molar-refractivity contribution is 0.0742. The molecule has 0 aliphatic heterocycles. The summed E-state index contributed by atoms with van der Waals surface area (Å²) in [5, 5.41) is 10.6. The first-order valence-corrected chi connectivity index (χ1v) is 11.3. The molecule has 0 saturated heterocycles. The summed E-state index contributed by atoms with van der Waals surface area (Å²) >= 11 is 0. The van der Waals surface area contributed by atoms with Gasteiger partial charge in [0.2, 0.25) is 10.0 Å². The summed E-state index contributed by atoms with van der Waals surface area (Å²) in [6.07, 6.45) is 0. The summed E-state index contributed by atoms with van der Waals surface area (Å²) in [6, 6.07) is 21.0. The molecule has 3 amide bonds. The minimum Gasteiger partial charge on any atom is -0.335 e. The van der Waals surface area contributed by atoms with Crippen LogP contribution in [0.5, 0.6) is 0 Å². The van der Waals surface area contributed by atoms with Crippen LogP contribution in [0, 0.1) is 0 Å². The monoisotopic (exact) mass is 452 g/mol. The van der Waals surface area contributed by atoms with Gasteiger partial charge in [0.25, 0.3) is 5.91 Å². The molecular formula is C23H24N4O4S. The molecule has 0 bridgehead atoms. The van der Waals surface area contributed by atoms with Gasteiger partial charge in [0, 0.05) is 24.0 Å². The lowest BCUT2D eigenvalue weighted by atomic mass is 10.1. The lowest BCUT2D eigenvalue weighted by Gasteiger charge is -2.25. The van der Waals surface area contributed by atoms with Crippen LogP contribution >= 0.6 is 0 Å². The molecule has 9 heteroatoms. The topological polar surface area (TPSA) is 122 Å². The van der Waals surface area contributed by atoms with Crippen molar-refractivity contribution in [3.8, 4) is 0 Å². The molecule has 8 nitrogen and oxygen atoms in total. The number of nitrogens with two attached hydrogens (primary N) is 1. The van der Waals surface area contributed by atoms with E-state index in [1.807, 2.05) is 25.1 Å². The number of carbonyl (C=O) groups is 2. The van der Waals surface area contributed by atoms with Crippen LogP contribution < -0.4 is 15.8 Å². The molecule has 0 aliphatic rings. The number of hydrogen-bond donors (Lipinski definition) is 3. The number of urea groups is 1. The van der Waals surface area contributed by atoms with Crippen LogP contribution in [0.15, 0.2) is 83.8 Å². The maximum absolute atomic E-state index is 12.9. The van der Waals surface area contributed by atoms with Gasteiger partial charge in [0.05, 0.1) is 10.9 Å². The van der Waals surface area contributed by atoms with Crippen molar-refractivity contribution in [1.82, 2.24) is 4.90 Å². The summed E-state index contributed by atoms with van der Waals surface area (Å²) < 4.78 is 22.8. The fourth-order valence-corrected chi connectivity index (χ4v) is 3.57. The van der Waals surface area contributed by atoms with E-state index in [1.165, 1.54) is 12.1 Å². The van der Waals surface area contributed by atoms with Crippen LogP contribution in [0.3, 0.4) is 0 Å². The molecule has 3 aromatic carbocycles. The molecular weight excluding hydrogens is 428 g/mol. The highest BCUT2D eigenvalue weighted by atomic mass is 32.2. The van der Waals surface area contributed by atoms with Crippen molar-refractivity contribution in [1.29, 1.82) is 0 Å². The smallest absolute Gasteiger partial charge is 0.323 e. The molecule has 3 rings (SSSR count). The third kappa shape index (κ3) is 5.71. The zero-order valence-corrected chi connectivity index (χ0v) is 18.5. The largest absolute Gasteiger partial charge is 0.335 e. The molecule has 0 aromatic heterocycles. The average molecular weight is 453 g/mol. The van der Waals surface area contributed by atoms with Gasteiger partial charge in [-0.3, -0.25) is 4.79 Å². The van der Waals surface area contributed by atoms with Crippen molar-refractivity contribution >= 4 is 33.3 Å². The highest BCUT2D eigenvalue weighted by molar-refractivity contribution is 7.89. The maximum Gasteiger partial charge on any atom is 0.323 e. The average Bonchev–Trinajstić information content (AvgIpc) is 2.78. The summed E-state index contributed by atoms with van der Waals surface area (Å²) in [4.78, 5) is 26.5. The second-order valence-electron chi connectivity index (χ2n) is 7.23. The Balaban J connectivity index is 1.63. The number of carbonyl (C=O) groups excluding carboxylic acids is 2. The molecule has 0 radical (unpaired) electrons. The number of primary sulfonamides is 1. The van der Waals surface area contributed by atoms with Gasteiger partial charge in [-0.05, 0) is 61.0 Å². The van der Waals surface area contributed by atoms with Gasteiger partial charge in [0.15, 0.2) is 0 Å². The number of sulfonamides is 1. The van der Waals surface area contributed by atoms with Crippen molar-refractivity contribution in [2.24, 2.45) is 5.14 Å². The fourth-order valence-electron chi connectivity index (χ4n) is 3.05. The molecule has 0 spiro atoms. The van der Waals surface area contributed by atoms with Gasteiger partial charge in [0.1, 0.15) is 0 Å². The number of nitrogens with one attached hydrogen (secondary N) is 2. The maximum atomic E-state index is 12.9. The lowest BCUT2D eigenvalue weighted by Crippen LogP contribution is -2.29. The third-order valence-electron chi connectivity index (χ3n) is 5.01. The highest BCUT2D eigenvalue weighted by Gasteiger charge is 2.19. The van der Waals surface area contributed by atoms with E-state index in [1.54, 1.807) is 60.5 Å². The number of nitrogens with zero attached hydrogens (tertiary/aromatic N) is 1. The van der Waals surface area contributed by atoms with Crippen molar-refractivity contribution in [3.05, 3.63) is 90.0 Å². The van der Waals surface area contributed by atoms with E-state index in [0.717, 1.165) is 5.56 Å². The first-order valence-electron chi connectivity index (χ1n) is 9.78. The summed E-state index contributed by atoms with van der Waals surface area (Å²) in [6.45, 7) is 1.84. The SMILES string of the molecule is CC(c1ccc(S(N)(=O)=O)cc1)N(C)C(=O)c1ccc(NC(=O)Nc2ccccc2)cc1. The van der Waals surface area contributed by atoms with Crippen LogP contribution in [0.2, 0.25) is 0 Å². The van der Waals surface area contributed by atoms with E-state index in [-0.39, 0.29) is 22.9 Å². The van der Waals surface area contributed by atoms with Gasteiger partial charge < -0.3 is 15.5 Å². The Morgan fingerprint density at radius 2 is 1.38 bits per heavy atom. The molecule has 4 N–H and O–H groups in total. The number of para-hydroxylation sites is 1. The quantitative estimate of drug-likeness (QED) is 0.526. The van der Waals surface area contributed by atoms with Crippen LogP contribution in [-0.2, 0) is 10.0 Å². The van der Waals surface area contributed by atoms with E-state index in [9.17, 15) is 18.0 Å². The number of anilines is 2. The summed E-state index contributed by atoms with van der Waals surface area (Å²) in [7, 11) is -2.10. The van der Waals surface area contributed by atoms with Gasteiger partial charge >= 0.3 is 6.03 Å². The predicted molar refractivity (Wildman–Crippen MR) is 124 cm³/mol. The second kappa shape index (κ2) is 9.63. The first kappa shape index (κ1) is 23.0. The van der Waals surface area contributed by atoms with E-state index in [2.05, 4.69) is 10.6 Å². The molecule has 1 atom stereocenters. The van der Waals surface area contributed by atoms with Crippen LogP contribution in [-0.4, -0.2) is 32.3 Å². The van der Waals surface area contributed by atoms with Crippen LogP contribution in [0.4, 0.5) is 16.2 Å². The van der Waals surface area contributed by atoms with E-state index in [0.29, 0.717) is 16.9 Å². The zero-order chi connectivity index (χ0) is 23.3. The summed E-state index contributed by atoms with van der Waals surface area (Å²) in [5.41, 5.74) is 2.44. The van der Waals surface area contributed by atoms with Crippen LogP contribution in [0.25, 0.3) is 0 Å². The van der Waals surface area contributed by atoms with Crippen LogP contribution in [0.1, 0.15) is 28.9 Å². The van der Waals surface area contributed by atoms with E-state index in [4.69, 9.17) is 5.14 Å². The highest BCUT2D eigenvalue weighted by Crippen LogP contribution is 2.23. The molecule has 1 unspecified atom stereocenters. The fraction of sp³-hybridized carbons (Fsp3) is 0.130. The molecule has 0 saturated carbocycles. The Labute approximate surface area is 187 Å². The molecule has 166 valence electrons. The first-order chi connectivity index (χ1) is 15.1. The third-order valence-corrected chi connectivity index (χ3v) is 5.94. The summed E-state index contributed by atoms with van der Waals surface area (Å²) in [5.74, 6) is -0.215. The van der Waals surface area contributed by atoms with Crippen molar-refractivity contribution < 1.29 is 18.0 Å². The number of rotatable bonds is 6. The standard InChI is InChI=1S/C23H24N4O4S/c1-16(17-10-14-21(15-11-17)32(24,30)31)27(2)22(28)18-8-12-20(13-9-18)26-23(29)25-19-6-4-3-5-7-19/h3-16H,1-2H3,(H2,24,30,31)(H2,25,26,29). The Bertz CT molecular complexity index is 1200. The minimum atomic E-state index is -3.77. The molecule has 0 aliphatic carbocycles. The Kier molecular flexibility index (Phi) is 6.92. The predicted octanol–water partition coefficient (Wildman–Crippen LogP) is 3.81. The zero-order valence-electron chi connectivity index (χ0n) is 17.6. The number of hydrogen-bond acceptors (Lipinski definition) is 4. The Morgan fingerprint density at radius 1 is 0.844 bits per heavy atom. The molecule has 3 aromatic rings. The normalized spacial score (nSPS) is 12.0. The Hall–Kier alpha value is -3.69. The second-order valence-corrected chi connectivity index (χ2v) is 8.79. The van der Waals surface area contributed by atoms with E-state index < -0.39 is 10.0 Å². The molecule has 0 heterocycles. The van der Waals surface area contributed by atoms with Gasteiger partial charge in [-0.25, -0.2) is 18.4 Å². The molecule has 0 fully saturated rings. The van der Waals surface area contributed by atoms with Crippen molar-refractivity contribution in [2.75, 3.05) is 17.7 Å². The Morgan fingerprint density at radius 3 is 1.91 bits per heavy atom. The van der Waals surface area contributed by atoms with Gasteiger partial charge in [-0.2, -0.15) is 0 Å². The number of amides is 3. The van der Waals surface area contributed by atoms with E-state index >= 15 is 0 Å². The van der Waals surface area contributed by atoms with Gasteiger partial charge in [-0.15, -0.1) is 0 Å². The minimum absolute atomic E-state index is 0.0156. The van der Waals surface area contributed by atoms with Gasteiger partial charge in [-0.1, -0.05) is 30.3 Å². The van der Waals surface area contributed by atoms with Crippen molar-refractivity contribution in [2.45, 2.75) is 17.9 Å².